The minimum Gasteiger partial charge on any atom is -0.318 e. The summed E-state index contributed by atoms with van der Waals surface area (Å²) in [7, 11) is 0. The van der Waals surface area contributed by atoms with E-state index in [2.05, 4.69) is 23.2 Å². The molecule has 2 saturated heterocycles. The highest BCUT2D eigenvalue weighted by atomic mass is 16.2. The third-order valence-corrected chi connectivity index (χ3v) is 5.25. The van der Waals surface area contributed by atoms with Gasteiger partial charge in [0.1, 0.15) is 0 Å². The Bertz CT molecular complexity index is 584. The van der Waals surface area contributed by atoms with Crippen LogP contribution in [0.3, 0.4) is 0 Å². The van der Waals surface area contributed by atoms with Crippen molar-refractivity contribution in [1.29, 1.82) is 0 Å². The van der Waals surface area contributed by atoms with E-state index < -0.39 is 0 Å². The minimum absolute atomic E-state index is 0.0850. The first kappa shape index (κ1) is 13.9. The van der Waals surface area contributed by atoms with E-state index in [0.717, 1.165) is 37.3 Å². The van der Waals surface area contributed by atoms with Gasteiger partial charge in [0.05, 0.1) is 0 Å². The Morgan fingerprint density at radius 1 is 1.09 bits per heavy atom. The van der Waals surface area contributed by atoms with E-state index in [1.54, 1.807) is 5.57 Å². The number of nitrogens with one attached hydrogen (secondary N) is 1. The highest BCUT2D eigenvalue weighted by Gasteiger charge is 2.41. The fourth-order valence-corrected chi connectivity index (χ4v) is 3.94. The van der Waals surface area contributed by atoms with Crippen LogP contribution in [0.25, 0.3) is 0 Å². The summed E-state index contributed by atoms with van der Waals surface area (Å²) in [6, 6.07) is 8.95. The first-order chi connectivity index (χ1) is 10.7. The normalized spacial score (nSPS) is 27.0. The largest absolute Gasteiger partial charge is 0.322 e. The van der Waals surface area contributed by atoms with Gasteiger partial charge in [-0.25, -0.2) is 4.79 Å². The summed E-state index contributed by atoms with van der Waals surface area (Å²) in [5, 5.41) is 3.08. The molecule has 2 atom stereocenters. The monoisotopic (exact) mass is 296 g/mol. The number of amides is 2. The molecule has 3 fully saturated rings. The van der Waals surface area contributed by atoms with E-state index in [9.17, 15) is 4.79 Å². The van der Waals surface area contributed by atoms with Crippen LogP contribution < -0.4 is 5.32 Å². The molecule has 2 heterocycles. The number of piperidine rings is 1. The molecule has 116 valence electrons. The van der Waals surface area contributed by atoms with Gasteiger partial charge in [-0.15, -0.1) is 0 Å². The van der Waals surface area contributed by atoms with Gasteiger partial charge in [-0.3, -0.25) is 0 Å². The number of benzene rings is 1. The summed E-state index contributed by atoms with van der Waals surface area (Å²) < 4.78 is 0. The van der Waals surface area contributed by atoms with Gasteiger partial charge in [-0.2, -0.15) is 0 Å². The van der Waals surface area contributed by atoms with Crippen molar-refractivity contribution in [3.05, 3.63) is 41.5 Å². The van der Waals surface area contributed by atoms with Crippen LogP contribution >= 0.6 is 0 Å². The molecule has 1 aromatic rings. The van der Waals surface area contributed by atoms with E-state index in [0.29, 0.717) is 12.1 Å². The van der Waals surface area contributed by atoms with E-state index in [4.69, 9.17) is 0 Å². The zero-order valence-corrected chi connectivity index (χ0v) is 13.2. The van der Waals surface area contributed by atoms with Crippen LogP contribution in [0.4, 0.5) is 10.5 Å². The van der Waals surface area contributed by atoms with Gasteiger partial charge in [0.25, 0.3) is 0 Å². The van der Waals surface area contributed by atoms with E-state index in [1.807, 2.05) is 24.3 Å². The summed E-state index contributed by atoms with van der Waals surface area (Å²) in [6.45, 7) is 2.06. The Kier molecular flexibility index (Phi) is 3.44. The summed E-state index contributed by atoms with van der Waals surface area (Å²) in [4.78, 5) is 14.8. The van der Waals surface area contributed by atoms with E-state index in [-0.39, 0.29) is 6.03 Å². The number of rotatable bonds is 2. The standard InChI is InChI=1S/C19H24N2O/c1-13-2-6-16(7-3-13)20-19(22)21-17-8-9-18(21)12-15(11-17)10-14-4-5-14/h2-3,6-7,10,14,17-18H,4-5,8-9,11-12H2,1H3,(H,20,22). The van der Waals surface area contributed by atoms with Crippen molar-refractivity contribution >= 4 is 11.7 Å². The molecule has 22 heavy (non-hydrogen) atoms. The lowest BCUT2D eigenvalue weighted by molar-refractivity contribution is 0.173. The zero-order valence-electron chi connectivity index (χ0n) is 13.2. The fraction of sp³-hybridized carbons (Fsp3) is 0.526. The number of fused-ring (bicyclic) bond motifs is 2. The van der Waals surface area contributed by atoms with Crippen molar-refractivity contribution in [3.8, 4) is 0 Å². The Hall–Kier alpha value is -1.77. The van der Waals surface area contributed by atoms with Crippen LogP contribution in [-0.2, 0) is 0 Å². The number of carbonyl (C=O) groups excluding carboxylic acids is 1. The Morgan fingerprint density at radius 2 is 1.73 bits per heavy atom. The molecule has 0 aromatic heterocycles. The Labute approximate surface area is 132 Å². The van der Waals surface area contributed by atoms with Crippen LogP contribution in [0.5, 0.6) is 0 Å². The molecule has 2 aliphatic heterocycles. The van der Waals surface area contributed by atoms with Crippen LogP contribution in [0.15, 0.2) is 35.9 Å². The second kappa shape index (κ2) is 5.45. The van der Waals surface area contributed by atoms with Crippen molar-refractivity contribution < 1.29 is 4.79 Å². The average Bonchev–Trinajstić information content (AvgIpc) is 3.26. The highest BCUT2D eigenvalue weighted by molar-refractivity contribution is 5.90. The molecule has 4 rings (SSSR count). The smallest absolute Gasteiger partial charge is 0.318 e. The molecule has 3 aliphatic rings. The first-order valence-electron chi connectivity index (χ1n) is 8.54. The lowest BCUT2D eigenvalue weighted by Crippen LogP contribution is -2.46. The molecule has 2 bridgehead atoms. The van der Waals surface area contributed by atoms with Gasteiger partial charge >= 0.3 is 6.03 Å². The highest BCUT2D eigenvalue weighted by Crippen LogP contribution is 2.41. The number of hydrogen-bond donors (Lipinski definition) is 1. The number of nitrogens with zero attached hydrogens (tertiary/aromatic N) is 1. The molecule has 1 aromatic carbocycles. The minimum atomic E-state index is 0.0850. The summed E-state index contributed by atoms with van der Waals surface area (Å²) in [5.74, 6) is 0.849. The molecule has 2 amide bonds. The van der Waals surface area contributed by atoms with Crippen molar-refractivity contribution in [1.82, 2.24) is 4.90 Å². The first-order valence-corrected chi connectivity index (χ1v) is 8.54. The van der Waals surface area contributed by atoms with Crippen molar-refractivity contribution in [3.63, 3.8) is 0 Å². The second-order valence-corrected chi connectivity index (χ2v) is 7.16. The second-order valence-electron chi connectivity index (χ2n) is 7.16. The molecular weight excluding hydrogens is 272 g/mol. The Balaban J connectivity index is 1.44. The summed E-state index contributed by atoms with van der Waals surface area (Å²) in [5.41, 5.74) is 3.72. The van der Waals surface area contributed by atoms with Crippen LogP contribution in [-0.4, -0.2) is 23.0 Å². The van der Waals surface area contributed by atoms with Crippen molar-refractivity contribution in [2.24, 2.45) is 5.92 Å². The van der Waals surface area contributed by atoms with Gasteiger partial charge in [-0.1, -0.05) is 29.3 Å². The topological polar surface area (TPSA) is 32.3 Å². The third kappa shape index (κ3) is 2.77. The van der Waals surface area contributed by atoms with Gasteiger partial charge < -0.3 is 10.2 Å². The third-order valence-electron chi connectivity index (χ3n) is 5.25. The molecule has 1 aliphatic carbocycles. The number of allylic oxidation sites excluding steroid dienone is 1. The van der Waals surface area contributed by atoms with Crippen LogP contribution in [0.2, 0.25) is 0 Å². The van der Waals surface area contributed by atoms with Crippen LogP contribution in [0, 0.1) is 12.8 Å². The predicted octanol–water partition coefficient (Wildman–Crippen LogP) is 4.49. The average molecular weight is 296 g/mol. The lowest BCUT2D eigenvalue weighted by atomic mass is 9.96. The maximum Gasteiger partial charge on any atom is 0.322 e. The van der Waals surface area contributed by atoms with Gasteiger partial charge in [0.2, 0.25) is 0 Å². The molecule has 3 nitrogen and oxygen atoms in total. The van der Waals surface area contributed by atoms with E-state index in [1.165, 1.54) is 18.4 Å². The maximum atomic E-state index is 12.6. The molecular formula is C19H24N2O. The summed E-state index contributed by atoms with van der Waals surface area (Å²) >= 11 is 0. The fourth-order valence-electron chi connectivity index (χ4n) is 3.94. The van der Waals surface area contributed by atoms with Crippen molar-refractivity contribution in [2.75, 3.05) is 5.32 Å². The zero-order chi connectivity index (χ0) is 15.1. The summed E-state index contributed by atoms with van der Waals surface area (Å²) in [6.07, 6.45) is 9.75. The molecule has 0 radical (unpaired) electrons. The van der Waals surface area contributed by atoms with Gasteiger partial charge in [0, 0.05) is 17.8 Å². The van der Waals surface area contributed by atoms with Gasteiger partial charge in [-0.05, 0) is 63.5 Å². The number of aryl methyl sites for hydroxylation is 1. The number of urea groups is 1. The van der Waals surface area contributed by atoms with E-state index >= 15 is 0 Å². The molecule has 1 N–H and O–H groups in total. The maximum absolute atomic E-state index is 12.6. The molecule has 2 unspecified atom stereocenters. The molecule has 3 heteroatoms. The van der Waals surface area contributed by atoms with Gasteiger partial charge in [0.15, 0.2) is 0 Å². The van der Waals surface area contributed by atoms with Crippen LogP contribution in [0.1, 0.15) is 44.1 Å². The quantitative estimate of drug-likeness (QED) is 0.801. The van der Waals surface area contributed by atoms with Crippen molar-refractivity contribution in [2.45, 2.75) is 57.5 Å². The SMILES string of the molecule is Cc1ccc(NC(=O)N2C3CCC2CC(=CC2CC2)C3)cc1. The number of anilines is 1. The molecule has 1 saturated carbocycles. The Morgan fingerprint density at radius 3 is 2.32 bits per heavy atom. The lowest BCUT2D eigenvalue weighted by Gasteiger charge is -2.36. The number of hydrogen-bond acceptors (Lipinski definition) is 1. The number of carbonyl (C=O) groups is 1. The predicted molar refractivity (Wildman–Crippen MR) is 88.9 cm³/mol. The molecule has 0 spiro atoms.